The average Bonchev–Trinajstić information content (AvgIpc) is 2.35. The topological polar surface area (TPSA) is 111 Å². The number of fused-ring (bicyclic) bond motifs is 1. The van der Waals surface area contributed by atoms with Crippen molar-refractivity contribution in [3.05, 3.63) is 18.2 Å². The molecule has 0 bridgehead atoms. The Balaban J connectivity index is 2.47. The number of nitrogens with two attached hydrogens (primary N) is 2. The van der Waals surface area contributed by atoms with Gasteiger partial charge in [-0.1, -0.05) is 0 Å². The minimum Gasteiger partial charge on any atom is -0.476 e. The number of carbonyl (C=O) groups is 2. The maximum absolute atomic E-state index is 12.3. The van der Waals surface area contributed by atoms with Crippen molar-refractivity contribution in [2.75, 3.05) is 17.2 Å². The predicted molar refractivity (Wildman–Crippen MR) is 70.2 cm³/mol. The molecule has 0 spiro atoms. The molecule has 7 nitrogen and oxygen atoms in total. The summed E-state index contributed by atoms with van der Waals surface area (Å²) in [6.45, 7) is 3.10. The molecular weight excluding hydrogens is 248 g/mol. The molecule has 19 heavy (non-hydrogen) atoms. The molecule has 1 heterocycles. The summed E-state index contributed by atoms with van der Waals surface area (Å²) in [6.07, 6.45) is 0. The van der Waals surface area contributed by atoms with Crippen molar-refractivity contribution in [2.45, 2.75) is 19.4 Å². The van der Waals surface area contributed by atoms with E-state index in [0.717, 1.165) is 0 Å². The summed E-state index contributed by atoms with van der Waals surface area (Å²) in [7, 11) is 0. The third-order valence-electron chi connectivity index (χ3n) is 2.86. The predicted octanol–water partition coefficient (Wildman–Crippen LogP) is -0.237. The highest BCUT2D eigenvalue weighted by Gasteiger charge is 2.41. The number of ether oxygens (including phenoxy) is 1. The highest BCUT2D eigenvalue weighted by Crippen LogP contribution is 2.38. The molecule has 0 fully saturated rings. The van der Waals surface area contributed by atoms with E-state index in [1.165, 1.54) is 4.90 Å². The molecule has 1 aliphatic rings. The molecule has 2 amide bonds. The van der Waals surface area contributed by atoms with Gasteiger partial charge >= 0.3 is 0 Å². The molecule has 0 unspecified atom stereocenters. The molecule has 5 N–H and O–H groups in total. The van der Waals surface area contributed by atoms with Crippen molar-refractivity contribution in [2.24, 2.45) is 5.84 Å². The smallest absolute Gasteiger partial charge is 0.271 e. The SMILES string of the molecule is CC1(C)Oc2ccc(N)cc2N(CC(=O)NN)C1=O. The van der Waals surface area contributed by atoms with Crippen molar-refractivity contribution >= 4 is 23.2 Å². The molecule has 2 rings (SSSR count). The lowest BCUT2D eigenvalue weighted by Crippen LogP contribution is -2.55. The quantitative estimate of drug-likeness (QED) is 0.295. The van der Waals surface area contributed by atoms with Crippen LogP contribution in [-0.2, 0) is 9.59 Å². The Morgan fingerprint density at radius 2 is 2.16 bits per heavy atom. The number of amides is 2. The van der Waals surface area contributed by atoms with Crippen LogP contribution in [0, 0.1) is 0 Å². The van der Waals surface area contributed by atoms with Gasteiger partial charge in [-0.05, 0) is 32.0 Å². The Hall–Kier alpha value is -2.28. The van der Waals surface area contributed by atoms with Crippen LogP contribution >= 0.6 is 0 Å². The summed E-state index contributed by atoms with van der Waals surface area (Å²) >= 11 is 0. The lowest BCUT2D eigenvalue weighted by molar-refractivity contribution is -0.134. The first-order chi connectivity index (χ1) is 8.85. The number of nitrogens with zero attached hydrogens (tertiary/aromatic N) is 1. The minimum atomic E-state index is -1.04. The lowest BCUT2D eigenvalue weighted by atomic mass is 10.0. The van der Waals surface area contributed by atoms with Crippen LogP contribution in [0.2, 0.25) is 0 Å². The third-order valence-corrected chi connectivity index (χ3v) is 2.86. The first-order valence-corrected chi connectivity index (χ1v) is 5.75. The molecule has 7 heteroatoms. The maximum Gasteiger partial charge on any atom is 0.271 e. The number of nitrogen functional groups attached to an aromatic ring is 1. The number of carbonyl (C=O) groups excluding carboxylic acids is 2. The third kappa shape index (κ3) is 2.32. The summed E-state index contributed by atoms with van der Waals surface area (Å²) in [5.74, 6) is 4.76. The molecule has 102 valence electrons. The number of hydrazine groups is 1. The van der Waals surface area contributed by atoms with Crippen LogP contribution in [-0.4, -0.2) is 24.0 Å². The molecule has 1 aromatic carbocycles. The minimum absolute atomic E-state index is 0.182. The van der Waals surface area contributed by atoms with Crippen molar-refractivity contribution in [1.29, 1.82) is 0 Å². The number of nitrogens with one attached hydrogen (secondary N) is 1. The van der Waals surface area contributed by atoms with Crippen molar-refractivity contribution in [3.63, 3.8) is 0 Å². The van der Waals surface area contributed by atoms with Gasteiger partial charge in [0.15, 0.2) is 5.60 Å². The van der Waals surface area contributed by atoms with Crippen molar-refractivity contribution in [3.8, 4) is 5.75 Å². The molecule has 1 aromatic rings. The van der Waals surface area contributed by atoms with E-state index in [1.807, 2.05) is 5.43 Å². The Morgan fingerprint density at radius 1 is 1.47 bits per heavy atom. The number of hydrogen-bond acceptors (Lipinski definition) is 5. The van der Waals surface area contributed by atoms with Crippen LogP contribution in [0.3, 0.4) is 0 Å². The van der Waals surface area contributed by atoms with Crippen molar-refractivity contribution in [1.82, 2.24) is 5.43 Å². The van der Waals surface area contributed by atoms with Gasteiger partial charge in [-0.2, -0.15) is 0 Å². The van der Waals surface area contributed by atoms with E-state index in [-0.39, 0.29) is 12.5 Å². The summed E-state index contributed by atoms with van der Waals surface area (Å²) in [5, 5.41) is 0. The van der Waals surface area contributed by atoms with Crippen LogP contribution in [0.25, 0.3) is 0 Å². The number of hydrogen-bond donors (Lipinski definition) is 3. The van der Waals surface area contributed by atoms with Gasteiger partial charge < -0.3 is 10.5 Å². The molecule has 0 radical (unpaired) electrons. The standard InChI is InChI=1S/C12H16N4O3/c1-12(2)11(18)16(6-10(17)15-14)8-5-7(13)3-4-9(8)19-12/h3-5H,6,13-14H2,1-2H3,(H,15,17). The zero-order valence-corrected chi connectivity index (χ0v) is 10.8. The molecule has 0 saturated heterocycles. The van der Waals surface area contributed by atoms with E-state index in [0.29, 0.717) is 17.1 Å². The lowest BCUT2D eigenvalue weighted by Gasteiger charge is -2.38. The highest BCUT2D eigenvalue weighted by molar-refractivity contribution is 6.06. The Labute approximate surface area is 110 Å². The largest absolute Gasteiger partial charge is 0.476 e. The molecule has 1 aliphatic heterocycles. The zero-order chi connectivity index (χ0) is 14.2. The molecule has 0 atom stereocenters. The van der Waals surface area contributed by atoms with Crippen molar-refractivity contribution < 1.29 is 14.3 Å². The fourth-order valence-electron chi connectivity index (χ4n) is 1.93. The van der Waals surface area contributed by atoms with E-state index >= 15 is 0 Å². The van der Waals surface area contributed by atoms with Gasteiger partial charge in [0.05, 0.1) is 5.69 Å². The monoisotopic (exact) mass is 264 g/mol. The fourth-order valence-corrected chi connectivity index (χ4v) is 1.93. The second-order valence-corrected chi connectivity index (χ2v) is 4.80. The Bertz CT molecular complexity index is 542. The van der Waals surface area contributed by atoms with Gasteiger partial charge in [-0.25, -0.2) is 5.84 Å². The average molecular weight is 264 g/mol. The highest BCUT2D eigenvalue weighted by atomic mass is 16.5. The van der Waals surface area contributed by atoms with Gasteiger partial charge in [0, 0.05) is 5.69 Å². The zero-order valence-electron chi connectivity index (χ0n) is 10.8. The van der Waals surface area contributed by atoms with Crippen LogP contribution in [0.5, 0.6) is 5.75 Å². The van der Waals surface area contributed by atoms with Crippen LogP contribution in [0.1, 0.15) is 13.8 Å². The summed E-state index contributed by atoms with van der Waals surface area (Å²) in [6, 6.07) is 4.93. The second-order valence-electron chi connectivity index (χ2n) is 4.80. The number of anilines is 2. The van der Waals surface area contributed by atoms with Crippen LogP contribution in [0.4, 0.5) is 11.4 Å². The van der Waals surface area contributed by atoms with Gasteiger partial charge in [0.1, 0.15) is 12.3 Å². The van der Waals surface area contributed by atoms with Gasteiger partial charge in [-0.3, -0.25) is 19.9 Å². The Kier molecular flexibility index (Phi) is 3.07. The van der Waals surface area contributed by atoms with E-state index in [2.05, 4.69) is 0 Å². The number of rotatable bonds is 2. The van der Waals surface area contributed by atoms with Gasteiger partial charge in [-0.15, -0.1) is 0 Å². The molecular formula is C12H16N4O3. The van der Waals surface area contributed by atoms with E-state index in [1.54, 1.807) is 32.0 Å². The molecule has 0 aliphatic carbocycles. The maximum atomic E-state index is 12.3. The van der Waals surface area contributed by atoms with Crippen LogP contribution in [0.15, 0.2) is 18.2 Å². The Morgan fingerprint density at radius 3 is 2.79 bits per heavy atom. The van der Waals surface area contributed by atoms with Gasteiger partial charge in [0.2, 0.25) is 0 Å². The fraction of sp³-hybridized carbons (Fsp3) is 0.333. The molecule has 0 saturated carbocycles. The van der Waals surface area contributed by atoms with E-state index in [9.17, 15) is 9.59 Å². The van der Waals surface area contributed by atoms with Crippen LogP contribution < -0.4 is 26.6 Å². The first-order valence-electron chi connectivity index (χ1n) is 5.75. The summed E-state index contributed by atoms with van der Waals surface area (Å²) < 4.78 is 5.62. The van der Waals surface area contributed by atoms with Gasteiger partial charge in [0.25, 0.3) is 11.8 Å². The summed E-state index contributed by atoms with van der Waals surface area (Å²) in [5.41, 5.74) is 7.60. The van der Waals surface area contributed by atoms with E-state index < -0.39 is 11.5 Å². The first kappa shape index (κ1) is 13.2. The summed E-state index contributed by atoms with van der Waals surface area (Å²) in [4.78, 5) is 25.1. The number of benzene rings is 1. The normalized spacial score (nSPS) is 16.6. The molecule has 0 aromatic heterocycles. The van der Waals surface area contributed by atoms with E-state index in [4.69, 9.17) is 16.3 Å². The second kappa shape index (κ2) is 4.43.